The van der Waals surface area contributed by atoms with Crippen LogP contribution in [0.1, 0.15) is 11.1 Å². The monoisotopic (exact) mass is 313 g/mol. The summed E-state index contributed by atoms with van der Waals surface area (Å²) in [6.07, 6.45) is 1.65. The van der Waals surface area contributed by atoms with Gasteiger partial charge in [0.1, 0.15) is 4.47 Å². The molecular weight excluding hydrogens is 302 g/mol. The highest BCUT2D eigenvalue weighted by Gasteiger charge is 2.07. The second kappa shape index (κ2) is 5.01. The third kappa shape index (κ3) is 2.58. The molecule has 0 bridgehead atoms. The average Bonchev–Trinajstić information content (AvgIpc) is 2.71. The lowest BCUT2D eigenvalue weighted by Crippen LogP contribution is -2.21. The van der Waals surface area contributed by atoms with Gasteiger partial charge in [0.15, 0.2) is 0 Å². The summed E-state index contributed by atoms with van der Waals surface area (Å²) in [6, 6.07) is 0. The van der Waals surface area contributed by atoms with Gasteiger partial charge in [-0.3, -0.25) is 4.79 Å². The minimum absolute atomic E-state index is 0.142. The maximum absolute atomic E-state index is 11.6. The average molecular weight is 314 g/mol. The van der Waals surface area contributed by atoms with Crippen molar-refractivity contribution in [3.8, 4) is 0 Å². The molecule has 0 saturated carbocycles. The number of anilines is 1. The molecule has 0 unspecified atom stereocenters. The van der Waals surface area contributed by atoms with Crippen molar-refractivity contribution in [3.63, 3.8) is 0 Å². The molecule has 6 heteroatoms. The van der Waals surface area contributed by atoms with Crippen LogP contribution in [0.25, 0.3) is 0 Å². The first-order valence-corrected chi connectivity index (χ1v) is 6.80. The molecule has 2 rings (SSSR count). The summed E-state index contributed by atoms with van der Waals surface area (Å²) >= 11 is 4.96. The summed E-state index contributed by atoms with van der Waals surface area (Å²) in [4.78, 5) is 11.6. The van der Waals surface area contributed by atoms with E-state index in [0.29, 0.717) is 11.0 Å². The molecule has 0 saturated heterocycles. The van der Waals surface area contributed by atoms with E-state index >= 15 is 0 Å². The molecule has 0 aliphatic heterocycles. The van der Waals surface area contributed by atoms with E-state index < -0.39 is 0 Å². The third-order valence-electron chi connectivity index (χ3n) is 2.51. The van der Waals surface area contributed by atoms with Crippen LogP contribution in [0.4, 0.5) is 5.69 Å². The fourth-order valence-electron chi connectivity index (χ4n) is 1.39. The first-order chi connectivity index (χ1) is 8.09. The van der Waals surface area contributed by atoms with Crippen LogP contribution in [0.5, 0.6) is 0 Å². The normalized spacial score (nSPS) is 10.5. The lowest BCUT2D eigenvalue weighted by Gasteiger charge is -2.08. The van der Waals surface area contributed by atoms with E-state index in [9.17, 15) is 4.79 Å². The highest BCUT2D eigenvalue weighted by Crippen LogP contribution is 2.19. The molecule has 0 radical (unpaired) electrons. The lowest BCUT2D eigenvalue weighted by atomic mass is 10.2. The zero-order chi connectivity index (χ0) is 12.4. The van der Waals surface area contributed by atoms with E-state index in [-0.39, 0.29) is 5.56 Å². The first-order valence-electron chi connectivity index (χ1n) is 5.07. The van der Waals surface area contributed by atoms with Crippen molar-refractivity contribution in [1.29, 1.82) is 0 Å². The minimum atomic E-state index is -0.142. The highest BCUT2D eigenvalue weighted by molar-refractivity contribution is 9.10. The second-order valence-electron chi connectivity index (χ2n) is 3.73. The molecule has 2 aromatic rings. The van der Waals surface area contributed by atoms with E-state index in [2.05, 4.69) is 44.0 Å². The highest BCUT2D eigenvalue weighted by atomic mass is 79.9. The smallest absolute Gasteiger partial charge is 0.282 e. The Balaban J connectivity index is 2.18. The lowest BCUT2D eigenvalue weighted by molar-refractivity contribution is 0.703. The van der Waals surface area contributed by atoms with Crippen LogP contribution in [0.2, 0.25) is 0 Å². The number of halogens is 1. The van der Waals surface area contributed by atoms with Gasteiger partial charge in [-0.15, -0.1) is 0 Å². The van der Waals surface area contributed by atoms with Gasteiger partial charge in [-0.25, -0.2) is 4.68 Å². The van der Waals surface area contributed by atoms with Crippen molar-refractivity contribution in [1.82, 2.24) is 9.78 Å². The Morgan fingerprint density at radius 1 is 1.53 bits per heavy atom. The fraction of sp³-hybridized carbons (Fsp3) is 0.273. The number of nitrogens with zero attached hydrogens (tertiary/aromatic N) is 2. The number of thiophene rings is 1. The molecule has 0 fully saturated rings. The third-order valence-corrected chi connectivity index (χ3v) is 4.19. The first kappa shape index (κ1) is 12.3. The molecule has 0 amide bonds. The van der Waals surface area contributed by atoms with Gasteiger partial charge < -0.3 is 5.32 Å². The SMILES string of the molecule is Cc1cscc1CNc1cnn(C)c(=O)c1Br. The number of hydrogen-bond donors (Lipinski definition) is 1. The minimum Gasteiger partial charge on any atom is -0.379 e. The molecular formula is C11H12BrN3OS. The molecule has 17 heavy (non-hydrogen) atoms. The summed E-state index contributed by atoms with van der Waals surface area (Å²) in [5, 5.41) is 11.4. The molecule has 0 aliphatic rings. The predicted octanol–water partition coefficient (Wildman–Crippen LogP) is 2.52. The van der Waals surface area contributed by atoms with Crippen LogP contribution >= 0.6 is 27.3 Å². The van der Waals surface area contributed by atoms with Crippen LogP contribution in [-0.2, 0) is 13.6 Å². The van der Waals surface area contributed by atoms with Crippen molar-refractivity contribution in [3.05, 3.63) is 42.9 Å². The maximum Gasteiger partial charge on any atom is 0.282 e. The van der Waals surface area contributed by atoms with Crippen LogP contribution in [0, 0.1) is 6.92 Å². The topological polar surface area (TPSA) is 46.9 Å². The number of aromatic nitrogens is 2. The molecule has 1 N–H and O–H groups in total. The number of hydrogen-bond acceptors (Lipinski definition) is 4. The zero-order valence-electron chi connectivity index (χ0n) is 9.53. The van der Waals surface area contributed by atoms with Crippen molar-refractivity contribution >= 4 is 33.0 Å². The largest absolute Gasteiger partial charge is 0.379 e. The summed E-state index contributed by atoms with van der Waals surface area (Å²) in [7, 11) is 1.62. The summed E-state index contributed by atoms with van der Waals surface area (Å²) in [5.74, 6) is 0. The van der Waals surface area contributed by atoms with Crippen molar-refractivity contribution in [2.75, 3.05) is 5.32 Å². The van der Waals surface area contributed by atoms with Gasteiger partial charge in [-0.2, -0.15) is 16.4 Å². The molecule has 0 atom stereocenters. The fourth-order valence-corrected chi connectivity index (χ4v) is 2.75. The van der Waals surface area contributed by atoms with Crippen molar-refractivity contribution in [2.45, 2.75) is 13.5 Å². The molecule has 0 spiro atoms. The van der Waals surface area contributed by atoms with Crippen LogP contribution in [0.15, 0.2) is 26.2 Å². The Hall–Kier alpha value is -1.14. The van der Waals surface area contributed by atoms with Gasteiger partial charge in [0.2, 0.25) is 0 Å². The molecule has 2 aromatic heterocycles. The Morgan fingerprint density at radius 3 is 2.94 bits per heavy atom. The number of nitrogens with one attached hydrogen (secondary N) is 1. The Labute approximate surface area is 111 Å². The van der Waals surface area contributed by atoms with Crippen molar-refractivity contribution in [2.24, 2.45) is 7.05 Å². The van der Waals surface area contributed by atoms with E-state index in [1.54, 1.807) is 24.6 Å². The molecule has 0 aromatic carbocycles. The van der Waals surface area contributed by atoms with E-state index in [4.69, 9.17) is 0 Å². The standard InChI is InChI=1S/C11H12BrN3OS/c1-7-5-17-6-8(7)3-13-9-4-14-15(2)11(16)10(9)12/h4-6,13H,3H2,1-2H3. The van der Waals surface area contributed by atoms with Gasteiger partial charge in [0.25, 0.3) is 5.56 Å². The van der Waals surface area contributed by atoms with Gasteiger partial charge in [0, 0.05) is 13.6 Å². The molecule has 2 heterocycles. The number of aryl methyl sites for hydroxylation is 2. The molecule has 90 valence electrons. The van der Waals surface area contributed by atoms with Crippen LogP contribution in [-0.4, -0.2) is 9.78 Å². The molecule has 0 aliphatic carbocycles. The van der Waals surface area contributed by atoms with Gasteiger partial charge in [-0.1, -0.05) is 0 Å². The summed E-state index contributed by atoms with van der Waals surface area (Å²) < 4.78 is 1.81. The van der Waals surface area contributed by atoms with Crippen LogP contribution in [0.3, 0.4) is 0 Å². The van der Waals surface area contributed by atoms with E-state index in [0.717, 1.165) is 5.69 Å². The summed E-state index contributed by atoms with van der Waals surface area (Å²) in [5.41, 5.74) is 3.08. The van der Waals surface area contributed by atoms with Gasteiger partial charge >= 0.3 is 0 Å². The summed E-state index contributed by atoms with van der Waals surface area (Å²) in [6.45, 7) is 2.77. The van der Waals surface area contributed by atoms with E-state index in [1.807, 2.05) is 0 Å². The Morgan fingerprint density at radius 2 is 2.29 bits per heavy atom. The predicted molar refractivity (Wildman–Crippen MR) is 73.6 cm³/mol. The maximum atomic E-state index is 11.6. The number of rotatable bonds is 3. The van der Waals surface area contributed by atoms with Crippen LogP contribution < -0.4 is 10.9 Å². The quantitative estimate of drug-likeness (QED) is 0.947. The van der Waals surface area contributed by atoms with E-state index in [1.165, 1.54) is 15.8 Å². The Bertz CT molecular complexity index is 591. The van der Waals surface area contributed by atoms with Gasteiger partial charge in [-0.05, 0) is 44.7 Å². The molecule has 4 nitrogen and oxygen atoms in total. The second-order valence-corrected chi connectivity index (χ2v) is 5.27. The zero-order valence-corrected chi connectivity index (χ0v) is 11.9. The van der Waals surface area contributed by atoms with Crippen molar-refractivity contribution < 1.29 is 0 Å². The Kier molecular flexibility index (Phi) is 3.63. The van der Waals surface area contributed by atoms with Gasteiger partial charge in [0.05, 0.1) is 11.9 Å².